The highest BCUT2D eigenvalue weighted by Crippen LogP contribution is 2.35. The quantitative estimate of drug-likeness (QED) is 0.340. The van der Waals surface area contributed by atoms with Gasteiger partial charge in [-0.05, 0) is 53.4 Å². The van der Waals surface area contributed by atoms with Gasteiger partial charge in [0.05, 0.1) is 11.8 Å². The first-order valence-corrected chi connectivity index (χ1v) is 12.7. The minimum absolute atomic E-state index is 0.00867. The fourth-order valence-electron chi connectivity index (χ4n) is 3.66. The lowest BCUT2D eigenvalue weighted by atomic mass is 10.00. The number of carbonyl (C=O) groups excluding carboxylic acids is 1. The van der Waals surface area contributed by atoms with Crippen LogP contribution in [-0.4, -0.2) is 31.6 Å². The van der Waals surface area contributed by atoms with Gasteiger partial charge in [0, 0.05) is 45.6 Å². The Morgan fingerprint density at radius 2 is 1.87 bits per heavy atom. The molecule has 1 heterocycles. The number of halogens is 2. The van der Waals surface area contributed by atoms with Gasteiger partial charge in [0.15, 0.2) is 5.78 Å². The van der Waals surface area contributed by atoms with Crippen LogP contribution >= 0.6 is 27.5 Å². The number of hydrogen-bond donors (Lipinski definition) is 1. The predicted octanol–water partition coefficient (Wildman–Crippen LogP) is 5.04. The van der Waals surface area contributed by atoms with Gasteiger partial charge in [-0.1, -0.05) is 41.9 Å². The van der Waals surface area contributed by atoms with E-state index in [1.807, 2.05) is 44.2 Å². The van der Waals surface area contributed by atoms with E-state index >= 15 is 0 Å². The number of ketones is 1. The number of sulfonamides is 1. The molecule has 2 aromatic carbocycles. The van der Waals surface area contributed by atoms with Crippen molar-refractivity contribution in [2.24, 2.45) is 0 Å². The van der Waals surface area contributed by atoms with E-state index in [1.54, 1.807) is 6.07 Å². The van der Waals surface area contributed by atoms with Crippen molar-refractivity contribution in [3.05, 3.63) is 68.3 Å². The summed E-state index contributed by atoms with van der Waals surface area (Å²) in [6.07, 6.45) is 1.98. The third-order valence-electron chi connectivity index (χ3n) is 5.13. The van der Waals surface area contributed by atoms with Gasteiger partial charge in [0.1, 0.15) is 0 Å². The number of fused-ring (bicyclic) bond motifs is 1. The fraction of sp³-hybridized carbons (Fsp3) is 0.318. The summed E-state index contributed by atoms with van der Waals surface area (Å²) >= 11 is 9.95. The van der Waals surface area contributed by atoms with Crippen LogP contribution in [0, 0.1) is 13.8 Å². The first-order valence-electron chi connectivity index (χ1n) is 9.59. The Morgan fingerprint density at radius 1 is 1.17 bits per heavy atom. The lowest BCUT2D eigenvalue weighted by Crippen LogP contribution is -2.24. The van der Waals surface area contributed by atoms with E-state index in [1.165, 1.54) is 0 Å². The maximum absolute atomic E-state index is 13.3. The van der Waals surface area contributed by atoms with E-state index in [4.69, 9.17) is 11.6 Å². The molecule has 0 bridgehead atoms. The monoisotopic (exact) mass is 510 g/mol. The Hall–Kier alpha value is -1.67. The topological polar surface area (TPSA) is 68.2 Å². The molecule has 0 saturated heterocycles. The lowest BCUT2D eigenvalue weighted by Gasteiger charge is -2.11. The van der Waals surface area contributed by atoms with E-state index in [2.05, 4.69) is 25.2 Å². The molecule has 8 heteroatoms. The Labute approximate surface area is 190 Å². The van der Waals surface area contributed by atoms with Gasteiger partial charge in [0.2, 0.25) is 10.0 Å². The lowest BCUT2D eigenvalue weighted by molar-refractivity contribution is 0.0993. The van der Waals surface area contributed by atoms with Crippen molar-refractivity contribution in [2.75, 3.05) is 12.8 Å². The van der Waals surface area contributed by atoms with E-state index in [-0.39, 0.29) is 12.2 Å². The summed E-state index contributed by atoms with van der Waals surface area (Å²) in [5.41, 5.74) is 4.37. The van der Waals surface area contributed by atoms with Gasteiger partial charge >= 0.3 is 0 Å². The summed E-state index contributed by atoms with van der Waals surface area (Å²) in [4.78, 5) is 13.3. The molecular formula is C22H24BrClN2O3S. The summed E-state index contributed by atoms with van der Waals surface area (Å²) in [5.74, 6) is 0.00867. The first kappa shape index (κ1) is 23.0. The van der Waals surface area contributed by atoms with Crippen molar-refractivity contribution in [1.29, 1.82) is 0 Å². The minimum Gasteiger partial charge on any atom is -0.343 e. The third kappa shape index (κ3) is 4.97. The molecular weight excluding hydrogens is 488 g/mol. The van der Waals surface area contributed by atoms with Crippen LogP contribution in [0.3, 0.4) is 0 Å². The maximum atomic E-state index is 13.3. The summed E-state index contributed by atoms with van der Waals surface area (Å²) in [6.45, 7) is 4.87. The second-order valence-electron chi connectivity index (χ2n) is 7.42. The Balaban J connectivity index is 2.00. The highest BCUT2D eigenvalue weighted by atomic mass is 79.9. The summed E-state index contributed by atoms with van der Waals surface area (Å²) < 4.78 is 28.2. The van der Waals surface area contributed by atoms with Gasteiger partial charge in [0.25, 0.3) is 0 Å². The van der Waals surface area contributed by atoms with Crippen LogP contribution in [0.5, 0.6) is 0 Å². The Bertz CT molecular complexity index is 1220. The number of aryl methyl sites for hydroxylation is 2. The summed E-state index contributed by atoms with van der Waals surface area (Å²) in [5, 5.41) is 1.47. The molecule has 0 fully saturated rings. The van der Waals surface area contributed by atoms with E-state index in [9.17, 15) is 13.2 Å². The molecule has 1 aromatic heterocycles. The van der Waals surface area contributed by atoms with E-state index < -0.39 is 10.0 Å². The molecule has 0 atom stereocenters. The van der Waals surface area contributed by atoms with Crippen molar-refractivity contribution in [3.8, 4) is 0 Å². The predicted molar refractivity (Wildman–Crippen MR) is 126 cm³/mol. The summed E-state index contributed by atoms with van der Waals surface area (Å²) in [6, 6.07) is 11.3. The second kappa shape index (κ2) is 9.22. The second-order valence-corrected chi connectivity index (χ2v) is 10.4. The van der Waals surface area contributed by atoms with Crippen molar-refractivity contribution in [3.63, 3.8) is 0 Å². The van der Waals surface area contributed by atoms with Gasteiger partial charge in [-0.15, -0.1) is 0 Å². The number of benzene rings is 2. The van der Waals surface area contributed by atoms with Crippen LogP contribution in [0.4, 0.5) is 0 Å². The number of nitrogens with one attached hydrogen (secondary N) is 1. The van der Waals surface area contributed by atoms with E-state index in [0.29, 0.717) is 30.1 Å². The van der Waals surface area contributed by atoms with Crippen LogP contribution in [0.25, 0.3) is 10.9 Å². The third-order valence-corrected chi connectivity index (χ3v) is 7.22. The van der Waals surface area contributed by atoms with Crippen LogP contribution in [0.1, 0.15) is 33.6 Å². The molecule has 0 saturated carbocycles. The maximum Gasteiger partial charge on any atom is 0.208 e. The van der Waals surface area contributed by atoms with Crippen molar-refractivity contribution in [1.82, 2.24) is 9.29 Å². The molecule has 0 spiro atoms. The van der Waals surface area contributed by atoms with E-state index in [0.717, 1.165) is 38.5 Å². The highest BCUT2D eigenvalue weighted by molar-refractivity contribution is 9.10. The first-order chi connectivity index (χ1) is 14.1. The molecule has 0 radical (unpaired) electrons. The molecule has 0 unspecified atom stereocenters. The van der Waals surface area contributed by atoms with Crippen LogP contribution in [0.2, 0.25) is 5.02 Å². The Kier molecular flexibility index (Phi) is 7.07. The molecule has 1 N–H and O–H groups in total. The molecule has 0 aliphatic carbocycles. The number of Topliss-reactive ketones (excluding diaryl/α,β-unsaturated/α-hetero) is 1. The van der Waals surface area contributed by atoms with Crippen LogP contribution < -0.4 is 4.72 Å². The molecule has 0 amide bonds. The van der Waals surface area contributed by atoms with Gasteiger partial charge < -0.3 is 4.57 Å². The molecule has 3 aromatic rings. The van der Waals surface area contributed by atoms with Gasteiger partial charge in [-0.25, -0.2) is 13.1 Å². The molecule has 5 nitrogen and oxygen atoms in total. The zero-order chi connectivity index (χ0) is 22.1. The van der Waals surface area contributed by atoms with Crippen molar-refractivity contribution in [2.45, 2.75) is 33.2 Å². The average Bonchev–Trinajstić information content (AvgIpc) is 2.95. The average molecular weight is 512 g/mol. The zero-order valence-electron chi connectivity index (χ0n) is 17.1. The van der Waals surface area contributed by atoms with Gasteiger partial charge in [-0.2, -0.15) is 0 Å². The van der Waals surface area contributed by atoms with Crippen molar-refractivity contribution < 1.29 is 13.2 Å². The number of nitrogens with zero attached hydrogens (tertiary/aromatic N) is 1. The SMILES string of the molecule is Cc1ccc2c(C(=O)Cc3ccccc3Cl)c(C)n(CCCNS(C)(=O)=O)c2c1Br. The molecule has 0 aliphatic heterocycles. The normalized spacial score (nSPS) is 11.9. The number of rotatable bonds is 8. The standard InChI is InChI=1S/C22H24BrClN2O3S/c1-14-9-10-17-20(19(27)13-16-7-4-5-8-18(16)24)15(2)26(22(17)21(14)23)12-6-11-25-30(3,28)29/h4-5,7-10,25H,6,11-13H2,1-3H3. The van der Waals surface area contributed by atoms with Gasteiger partial charge in [-0.3, -0.25) is 4.79 Å². The number of hydrogen-bond acceptors (Lipinski definition) is 3. The minimum atomic E-state index is -3.23. The smallest absolute Gasteiger partial charge is 0.208 e. The zero-order valence-corrected chi connectivity index (χ0v) is 20.3. The summed E-state index contributed by atoms with van der Waals surface area (Å²) in [7, 11) is -3.23. The van der Waals surface area contributed by atoms with Crippen LogP contribution in [0.15, 0.2) is 40.9 Å². The molecule has 0 aliphatic rings. The number of aromatic nitrogens is 1. The largest absolute Gasteiger partial charge is 0.343 e. The number of carbonyl (C=O) groups is 1. The fourth-order valence-corrected chi connectivity index (χ4v) is 4.94. The van der Waals surface area contributed by atoms with Crippen LogP contribution in [-0.2, 0) is 23.0 Å². The molecule has 3 rings (SSSR count). The molecule has 160 valence electrons. The Morgan fingerprint density at radius 3 is 2.53 bits per heavy atom. The highest BCUT2D eigenvalue weighted by Gasteiger charge is 2.22. The van der Waals surface area contributed by atoms with Crippen molar-refractivity contribution >= 4 is 54.2 Å². The molecule has 30 heavy (non-hydrogen) atoms.